The van der Waals surface area contributed by atoms with Crippen molar-refractivity contribution in [2.75, 3.05) is 0 Å². The number of aliphatic carboxylic acids is 1. The van der Waals surface area contributed by atoms with Crippen LogP contribution >= 0.6 is 0 Å². The van der Waals surface area contributed by atoms with Crippen LogP contribution in [0.2, 0.25) is 0 Å². The molecule has 0 saturated carbocycles. The maximum absolute atomic E-state index is 9.00. The molecule has 1 heterocycles. The number of nitrogens with one attached hydrogen (secondary N) is 1. The molecule has 0 spiro atoms. The summed E-state index contributed by atoms with van der Waals surface area (Å²) in [6.07, 6.45) is 2.08. The Morgan fingerprint density at radius 3 is 2.22 bits per heavy atom. The number of carbonyl (C=O) groups is 1. The molecule has 1 aromatic heterocycles. The molecule has 0 fully saturated rings. The van der Waals surface area contributed by atoms with Crippen molar-refractivity contribution in [2.45, 2.75) is 20.4 Å². The summed E-state index contributed by atoms with van der Waals surface area (Å²) in [5, 5.41) is 16.5. The Labute approximate surface area is 135 Å². The van der Waals surface area contributed by atoms with E-state index in [1.165, 1.54) is 11.1 Å². The molecule has 0 aliphatic heterocycles. The van der Waals surface area contributed by atoms with Gasteiger partial charge in [0, 0.05) is 41.8 Å². The molecule has 118 valence electrons. The maximum atomic E-state index is 9.00. The Bertz CT molecular complexity index is 816. The second-order valence-corrected chi connectivity index (χ2v) is 5.32. The molecular weight excluding hydrogens is 288 g/mol. The number of benzene rings is 2. The predicted octanol–water partition coefficient (Wildman–Crippen LogP) is 4.17. The number of carboxylic acids is 1. The molecule has 3 aromatic rings. The van der Waals surface area contributed by atoms with Gasteiger partial charge in [-0.3, -0.25) is 4.79 Å². The van der Waals surface area contributed by atoms with Crippen LogP contribution in [0.3, 0.4) is 0 Å². The molecule has 0 atom stereocenters. The first-order valence-electron chi connectivity index (χ1n) is 7.36. The molecule has 0 unspecified atom stereocenters. The van der Waals surface area contributed by atoms with E-state index in [-0.39, 0.29) is 0 Å². The topological polar surface area (TPSA) is 66.1 Å². The highest BCUT2D eigenvalue weighted by Crippen LogP contribution is 2.22. The quantitative estimate of drug-likeness (QED) is 0.713. The molecule has 4 heteroatoms. The summed E-state index contributed by atoms with van der Waals surface area (Å²) in [6, 6.07) is 18.7. The minimum Gasteiger partial charge on any atom is -0.481 e. The third kappa shape index (κ3) is 4.30. The van der Waals surface area contributed by atoms with E-state index in [9.17, 15) is 0 Å². The van der Waals surface area contributed by atoms with Gasteiger partial charge in [0.25, 0.3) is 5.97 Å². The highest BCUT2D eigenvalue weighted by atomic mass is 16.4. The van der Waals surface area contributed by atoms with Gasteiger partial charge in [-0.05, 0) is 18.6 Å². The predicted molar refractivity (Wildman–Crippen MR) is 93.3 cm³/mol. The number of para-hydroxylation sites is 1. The summed E-state index contributed by atoms with van der Waals surface area (Å²) in [5.74, 6) is -0.833. The van der Waals surface area contributed by atoms with Gasteiger partial charge in [-0.15, -0.1) is 0 Å². The van der Waals surface area contributed by atoms with Crippen molar-refractivity contribution in [3.05, 3.63) is 71.9 Å². The van der Waals surface area contributed by atoms with Gasteiger partial charge in [0.15, 0.2) is 0 Å². The lowest BCUT2D eigenvalue weighted by atomic mass is 10.1. The monoisotopic (exact) mass is 308 g/mol. The molecule has 0 amide bonds. The Kier molecular flexibility index (Phi) is 5.31. The van der Waals surface area contributed by atoms with Crippen molar-refractivity contribution in [3.63, 3.8) is 0 Å². The van der Waals surface area contributed by atoms with Crippen LogP contribution in [-0.2, 0) is 11.3 Å². The fraction of sp³-hybridized carbons (Fsp3) is 0.158. The second kappa shape index (κ2) is 7.40. The highest BCUT2D eigenvalue weighted by Gasteiger charge is 2.09. The smallest absolute Gasteiger partial charge is 0.300 e. The van der Waals surface area contributed by atoms with Crippen LogP contribution in [0.1, 0.15) is 25.0 Å². The number of carboxylic acid groups (broad SMARTS) is 1. The van der Waals surface area contributed by atoms with Gasteiger partial charge >= 0.3 is 0 Å². The molecule has 0 radical (unpaired) electrons. The maximum Gasteiger partial charge on any atom is 0.300 e. The SMILES string of the molecule is CC(=N)c1cn(Cc2ccccc2)c2ccccc12.CC(=O)O. The summed E-state index contributed by atoms with van der Waals surface area (Å²) in [4.78, 5) is 9.00. The molecule has 3 rings (SSSR count). The lowest BCUT2D eigenvalue weighted by molar-refractivity contribution is -0.134. The van der Waals surface area contributed by atoms with Crippen LogP contribution < -0.4 is 0 Å². The first-order valence-corrected chi connectivity index (χ1v) is 7.36. The molecule has 4 nitrogen and oxygen atoms in total. The van der Waals surface area contributed by atoms with Crippen molar-refractivity contribution in [1.29, 1.82) is 5.41 Å². The molecule has 23 heavy (non-hydrogen) atoms. The van der Waals surface area contributed by atoms with E-state index < -0.39 is 5.97 Å². The minimum atomic E-state index is -0.833. The number of aromatic nitrogens is 1. The zero-order chi connectivity index (χ0) is 16.8. The third-order valence-corrected chi connectivity index (χ3v) is 3.39. The second-order valence-electron chi connectivity index (χ2n) is 5.32. The average molecular weight is 308 g/mol. The summed E-state index contributed by atoms with van der Waals surface area (Å²) < 4.78 is 2.22. The number of rotatable bonds is 3. The van der Waals surface area contributed by atoms with Crippen LogP contribution in [0.25, 0.3) is 10.9 Å². The van der Waals surface area contributed by atoms with E-state index in [1.54, 1.807) is 0 Å². The number of hydrogen-bond acceptors (Lipinski definition) is 2. The van der Waals surface area contributed by atoms with E-state index in [4.69, 9.17) is 15.3 Å². The minimum absolute atomic E-state index is 0.614. The fourth-order valence-corrected chi connectivity index (χ4v) is 2.46. The van der Waals surface area contributed by atoms with Crippen LogP contribution in [0.4, 0.5) is 0 Å². The van der Waals surface area contributed by atoms with Crippen LogP contribution in [0, 0.1) is 5.41 Å². The first kappa shape index (κ1) is 16.5. The fourth-order valence-electron chi connectivity index (χ4n) is 2.46. The largest absolute Gasteiger partial charge is 0.481 e. The van der Waals surface area contributed by atoms with Crippen molar-refractivity contribution in [3.8, 4) is 0 Å². The zero-order valence-corrected chi connectivity index (χ0v) is 13.3. The van der Waals surface area contributed by atoms with Gasteiger partial charge in [-0.1, -0.05) is 48.5 Å². The summed E-state index contributed by atoms with van der Waals surface area (Å²) in [7, 11) is 0. The van der Waals surface area contributed by atoms with Crippen LogP contribution in [-0.4, -0.2) is 21.4 Å². The van der Waals surface area contributed by atoms with E-state index >= 15 is 0 Å². The van der Waals surface area contributed by atoms with Crippen molar-refractivity contribution in [1.82, 2.24) is 4.57 Å². The van der Waals surface area contributed by atoms with Gasteiger partial charge in [-0.2, -0.15) is 0 Å². The molecule has 0 aliphatic carbocycles. The first-order chi connectivity index (χ1) is 11.0. The molecule has 0 bridgehead atoms. The normalized spacial score (nSPS) is 10.0. The summed E-state index contributed by atoms with van der Waals surface area (Å²) in [6.45, 7) is 3.77. The molecule has 0 saturated heterocycles. The van der Waals surface area contributed by atoms with E-state index in [0.29, 0.717) is 5.71 Å². The van der Waals surface area contributed by atoms with E-state index in [1.807, 2.05) is 25.1 Å². The average Bonchev–Trinajstić information content (AvgIpc) is 2.87. The highest BCUT2D eigenvalue weighted by molar-refractivity contribution is 6.08. The lowest BCUT2D eigenvalue weighted by Crippen LogP contribution is -1.97. The Morgan fingerprint density at radius 2 is 1.61 bits per heavy atom. The molecule has 2 N–H and O–H groups in total. The summed E-state index contributed by atoms with van der Waals surface area (Å²) in [5.41, 5.74) is 4.10. The van der Waals surface area contributed by atoms with Crippen LogP contribution in [0.5, 0.6) is 0 Å². The summed E-state index contributed by atoms with van der Waals surface area (Å²) >= 11 is 0. The van der Waals surface area contributed by atoms with Crippen molar-refractivity contribution < 1.29 is 9.90 Å². The Morgan fingerprint density at radius 1 is 1.04 bits per heavy atom. The standard InChI is InChI=1S/C17H16N2.C2H4O2/c1-13(18)16-12-19(11-14-7-3-2-4-8-14)17-10-6-5-9-15(16)17;1-2(3)4/h2-10,12,18H,11H2,1H3;1H3,(H,3,4). The third-order valence-electron chi connectivity index (χ3n) is 3.39. The molecular formula is C19H20N2O2. The number of nitrogens with zero attached hydrogens (tertiary/aromatic N) is 1. The van der Waals surface area contributed by atoms with E-state index in [2.05, 4.69) is 47.2 Å². The molecule has 2 aromatic carbocycles. The van der Waals surface area contributed by atoms with Crippen molar-refractivity contribution in [2.24, 2.45) is 0 Å². The van der Waals surface area contributed by atoms with Gasteiger partial charge in [0.2, 0.25) is 0 Å². The zero-order valence-electron chi connectivity index (χ0n) is 13.3. The Hall–Kier alpha value is -2.88. The van der Waals surface area contributed by atoms with Crippen LogP contribution in [0.15, 0.2) is 60.8 Å². The molecule has 0 aliphatic rings. The lowest BCUT2D eigenvalue weighted by Gasteiger charge is -2.05. The Balaban J connectivity index is 0.000000433. The van der Waals surface area contributed by atoms with E-state index in [0.717, 1.165) is 24.4 Å². The van der Waals surface area contributed by atoms with Gasteiger partial charge in [0.05, 0.1) is 0 Å². The van der Waals surface area contributed by atoms with Gasteiger partial charge in [0.1, 0.15) is 0 Å². The number of fused-ring (bicyclic) bond motifs is 1. The number of hydrogen-bond donors (Lipinski definition) is 2. The van der Waals surface area contributed by atoms with Crippen molar-refractivity contribution >= 4 is 22.6 Å². The van der Waals surface area contributed by atoms with Gasteiger partial charge in [-0.25, -0.2) is 0 Å². The van der Waals surface area contributed by atoms with Gasteiger partial charge < -0.3 is 15.1 Å².